The second-order valence-electron chi connectivity index (χ2n) is 5.04. The van der Waals surface area contributed by atoms with Gasteiger partial charge in [-0.25, -0.2) is 0 Å². The molecule has 2 nitrogen and oxygen atoms in total. The zero-order chi connectivity index (χ0) is 14.1. The summed E-state index contributed by atoms with van der Waals surface area (Å²) in [7, 11) is 0. The number of ether oxygens (including phenoxy) is 1. The van der Waals surface area contributed by atoms with E-state index in [4.69, 9.17) is 4.74 Å². The number of hydrogen-bond donors (Lipinski definition) is 1. The molecule has 0 fully saturated rings. The van der Waals surface area contributed by atoms with Crippen LogP contribution in [0.2, 0.25) is 0 Å². The van der Waals surface area contributed by atoms with Crippen molar-refractivity contribution >= 4 is 11.8 Å². The van der Waals surface area contributed by atoms with Crippen molar-refractivity contribution in [3.8, 4) is 5.75 Å². The second kappa shape index (κ2) is 9.27. The van der Waals surface area contributed by atoms with Crippen LogP contribution in [0, 0.1) is 5.92 Å². The average Bonchev–Trinajstić information content (AvgIpc) is 2.39. The van der Waals surface area contributed by atoms with Gasteiger partial charge in [-0.1, -0.05) is 32.9 Å². The summed E-state index contributed by atoms with van der Waals surface area (Å²) in [5.74, 6) is 4.06. The summed E-state index contributed by atoms with van der Waals surface area (Å²) < 4.78 is 5.49. The number of nitrogens with one attached hydrogen (secondary N) is 1. The maximum absolute atomic E-state index is 5.49. The normalized spacial score (nSPS) is 12.7. The van der Waals surface area contributed by atoms with Gasteiger partial charge in [0.05, 0.1) is 6.61 Å². The van der Waals surface area contributed by atoms with Crippen molar-refractivity contribution in [2.75, 3.05) is 24.7 Å². The molecule has 1 atom stereocenters. The lowest BCUT2D eigenvalue weighted by Crippen LogP contribution is -2.23. The Balaban J connectivity index is 2.58. The van der Waals surface area contributed by atoms with E-state index in [0.29, 0.717) is 6.04 Å². The Labute approximate surface area is 122 Å². The van der Waals surface area contributed by atoms with Gasteiger partial charge in [-0.3, -0.25) is 0 Å². The highest BCUT2D eigenvalue weighted by atomic mass is 32.2. The zero-order valence-electron chi connectivity index (χ0n) is 12.6. The summed E-state index contributed by atoms with van der Waals surface area (Å²) in [6.45, 7) is 10.4. The highest BCUT2D eigenvalue weighted by Gasteiger charge is 2.10. The van der Waals surface area contributed by atoms with Crippen LogP contribution in [0.15, 0.2) is 24.3 Å². The summed E-state index contributed by atoms with van der Waals surface area (Å²) >= 11 is 2.02. The van der Waals surface area contributed by atoms with Gasteiger partial charge in [0.25, 0.3) is 0 Å². The summed E-state index contributed by atoms with van der Waals surface area (Å²) in [4.78, 5) is 0. The van der Waals surface area contributed by atoms with Gasteiger partial charge in [0.15, 0.2) is 0 Å². The largest absolute Gasteiger partial charge is 0.494 e. The molecular formula is C16H27NOS. The van der Waals surface area contributed by atoms with Crippen LogP contribution in [-0.4, -0.2) is 24.7 Å². The molecule has 0 saturated carbocycles. The van der Waals surface area contributed by atoms with Gasteiger partial charge in [-0.2, -0.15) is 11.8 Å². The highest BCUT2D eigenvalue weighted by Crippen LogP contribution is 2.22. The third kappa shape index (κ3) is 6.35. The fourth-order valence-electron chi connectivity index (χ4n) is 1.90. The highest BCUT2D eigenvalue weighted by molar-refractivity contribution is 7.99. The van der Waals surface area contributed by atoms with Gasteiger partial charge in [0, 0.05) is 11.8 Å². The van der Waals surface area contributed by atoms with Crippen molar-refractivity contribution in [3.05, 3.63) is 29.8 Å². The summed E-state index contributed by atoms with van der Waals surface area (Å²) in [6, 6.07) is 8.92. The molecule has 0 spiro atoms. The van der Waals surface area contributed by atoms with Crippen molar-refractivity contribution in [3.63, 3.8) is 0 Å². The second-order valence-corrected chi connectivity index (χ2v) is 6.12. The molecule has 0 heterocycles. The number of rotatable bonds is 9. The van der Waals surface area contributed by atoms with E-state index in [9.17, 15) is 0 Å². The Morgan fingerprint density at radius 2 is 1.79 bits per heavy atom. The smallest absolute Gasteiger partial charge is 0.119 e. The van der Waals surface area contributed by atoms with Gasteiger partial charge in [-0.05, 0) is 42.8 Å². The fraction of sp³-hybridized carbons (Fsp3) is 0.625. The molecule has 0 amide bonds. The molecule has 0 saturated heterocycles. The minimum Gasteiger partial charge on any atom is -0.494 e. The Hall–Kier alpha value is -0.670. The van der Waals surface area contributed by atoms with E-state index in [2.05, 4.69) is 50.4 Å². The predicted octanol–water partition coefficient (Wildman–Crippen LogP) is 4.13. The quantitative estimate of drug-likeness (QED) is 0.735. The molecule has 1 N–H and O–H groups in total. The van der Waals surface area contributed by atoms with Gasteiger partial charge in [0.2, 0.25) is 0 Å². The molecular weight excluding hydrogens is 254 g/mol. The molecule has 1 rings (SSSR count). The van der Waals surface area contributed by atoms with Crippen LogP contribution < -0.4 is 10.1 Å². The number of hydrogen-bond acceptors (Lipinski definition) is 3. The van der Waals surface area contributed by atoms with E-state index >= 15 is 0 Å². The third-order valence-corrected chi connectivity index (χ3v) is 4.25. The van der Waals surface area contributed by atoms with E-state index in [-0.39, 0.29) is 0 Å². The number of thioether (sulfide) groups is 1. The topological polar surface area (TPSA) is 21.3 Å². The van der Waals surface area contributed by atoms with Gasteiger partial charge in [0.1, 0.15) is 5.75 Å². The van der Waals surface area contributed by atoms with Gasteiger partial charge >= 0.3 is 0 Å². The van der Waals surface area contributed by atoms with E-state index in [1.807, 2.05) is 18.7 Å². The molecule has 0 aliphatic rings. The fourth-order valence-corrected chi connectivity index (χ4v) is 3.06. The Bertz CT molecular complexity index is 337. The number of benzene rings is 1. The monoisotopic (exact) mass is 281 g/mol. The third-order valence-electron chi connectivity index (χ3n) is 2.78. The van der Waals surface area contributed by atoms with Crippen LogP contribution >= 0.6 is 11.8 Å². The van der Waals surface area contributed by atoms with Crippen molar-refractivity contribution in [2.24, 2.45) is 5.92 Å². The lowest BCUT2D eigenvalue weighted by molar-refractivity contribution is 0.340. The minimum absolute atomic E-state index is 0.435. The Morgan fingerprint density at radius 1 is 1.11 bits per heavy atom. The Morgan fingerprint density at radius 3 is 2.32 bits per heavy atom. The van der Waals surface area contributed by atoms with Crippen molar-refractivity contribution in [1.29, 1.82) is 0 Å². The molecule has 1 unspecified atom stereocenters. The van der Waals surface area contributed by atoms with Crippen LogP contribution in [0.4, 0.5) is 0 Å². The van der Waals surface area contributed by atoms with E-state index in [0.717, 1.165) is 30.6 Å². The first-order valence-corrected chi connectivity index (χ1v) is 8.36. The maximum Gasteiger partial charge on any atom is 0.119 e. The first kappa shape index (κ1) is 16.4. The van der Waals surface area contributed by atoms with E-state index in [1.165, 1.54) is 11.3 Å². The summed E-state index contributed by atoms with van der Waals surface area (Å²) in [6.07, 6.45) is 0. The summed E-state index contributed by atoms with van der Waals surface area (Å²) in [5.41, 5.74) is 1.35. The molecule has 0 radical (unpaired) electrons. The van der Waals surface area contributed by atoms with Gasteiger partial charge in [-0.15, -0.1) is 0 Å². The zero-order valence-corrected chi connectivity index (χ0v) is 13.4. The Kier molecular flexibility index (Phi) is 7.99. The summed E-state index contributed by atoms with van der Waals surface area (Å²) in [5, 5.41) is 3.56. The molecule has 19 heavy (non-hydrogen) atoms. The van der Waals surface area contributed by atoms with Crippen LogP contribution in [0.5, 0.6) is 5.75 Å². The van der Waals surface area contributed by atoms with Gasteiger partial charge < -0.3 is 10.1 Å². The molecule has 1 aromatic rings. The van der Waals surface area contributed by atoms with Crippen molar-refractivity contribution in [2.45, 2.75) is 33.7 Å². The SMILES string of the molecule is CCNC(CSCC(C)C)c1ccc(OCC)cc1. The molecule has 108 valence electrons. The molecule has 0 aliphatic carbocycles. The van der Waals surface area contributed by atoms with Crippen LogP contribution in [0.3, 0.4) is 0 Å². The molecule has 0 aromatic heterocycles. The van der Waals surface area contributed by atoms with Crippen molar-refractivity contribution in [1.82, 2.24) is 5.32 Å². The minimum atomic E-state index is 0.435. The van der Waals surface area contributed by atoms with E-state index in [1.54, 1.807) is 0 Å². The average molecular weight is 281 g/mol. The molecule has 3 heteroatoms. The first-order valence-electron chi connectivity index (χ1n) is 7.21. The molecule has 0 aliphatic heterocycles. The molecule has 1 aromatic carbocycles. The maximum atomic E-state index is 5.49. The molecule has 0 bridgehead atoms. The lowest BCUT2D eigenvalue weighted by atomic mass is 10.1. The van der Waals surface area contributed by atoms with Crippen LogP contribution in [0.1, 0.15) is 39.3 Å². The standard InChI is InChI=1S/C16H27NOS/c1-5-17-16(12-19-11-13(3)4)14-7-9-15(10-8-14)18-6-2/h7-10,13,16-17H,5-6,11-12H2,1-4H3. The first-order chi connectivity index (χ1) is 9.17. The predicted molar refractivity (Wildman–Crippen MR) is 86.2 cm³/mol. The van der Waals surface area contributed by atoms with Crippen LogP contribution in [0.25, 0.3) is 0 Å². The van der Waals surface area contributed by atoms with Crippen LogP contribution in [-0.2, 0) is 0 Å². The lowest BCUT2D eigenvalue weighted by Gasteiger charge is -2.19. The van der Waals surface area contributed by atoms with E-state index < -0.39 is 0 Å². The van der Waals surface area contributed by atoms with Crippen molar-refractivity contribution < 1.29 is 4.74 Å².